The number of anilines is 2. The number of carbonyl (C=O) groups is 1. The van der Waals surface area contributed by atoms with Crippen LogP contribution in [0.1, 0.15) is 13.3 Å². The zero-order chi connectivity index (χ0) is 22.2. The first kappa shape index (κ1) is 22.4. The topological polar surface area (TPSA) is 50.8 Å². The molecule has 0 spiro atoms. The van der Waals surface area contributed by atoms with Crippen molar-refractivity contribution >= 4 is 40.1 Å². The van der Waals surface area contributed by atoms with Crippen LogP contribution in [0.5, 0.6) is 5.75 Å². The van der Waals surface area contributed by atoms with Crippen molar-refractivity contribution in [1.82, 2.24) is 0 Å². The van der Waals surface area contributed by atoms with Gasteiger partial charge in [0.05, 0.1) is 37.8 Å². The second-order valence-electron chi connectivity index (χ2n) is 6.99. The van der Waals surface area contributed by atoms with Crippen molar-refractivity contribution in [2.24, 2.45) is 0 Å². The minimum absolute atomic E-state index is 0.103. The zero-order valence-electron chi connectivity index (χ0n) is 17.9. The van der Waals surface area contributed by atoms with Gasteiger partial charge in [-0.2, -0.15) is 0 Å². The Morgan fingerprint density at radius 3 is 2.52 bits per heavy atom. The van der Waals surface area contributed by atoms with Crippen molar-refractivity contribution in [2.45, 2.75) is 24.3 Å². The molecule has 0 amide bonds. The van der Waals surface area contributed by atoms with E-state index >= 15 is 0 Å². The van der Waals surface area contributed by atoms with E-state index in [9.17, 15) is 4.79 Å². The predicted octanol–water partition coefficient (Wildman–Crippen LogP) is 5.36. The number of terminal acetylenes is 1. The van der Waals surface area contributed by atoms with Gasteiger partial charge >= 0.3 is 5.97 Å². The lowest BCUT2D eigenvalue weighted by Crippen LogP contribution is -2.35. The highest BCUT2D eigenvalue weighted by molar-refractivity contribution is 8.00. The second-order valence-corrected chi connectivity index (χ2v) is 7.84. The molecule has 160 valence electrons. The molecule has 3 aromatic carbocycles. The molecule has 3 aromatic rings. The van der Waals surface area contributed by atoms with E-state index in [4.69, 9.17) is 15.9 Å². The van der Waals surface area contributed by atoms with Gasteiger partial charge in [0, 0.05) is 22.5 Å². The van der Waals surface area contributed by atoms with Crippen LogP contribution in [0, 0.1) is 12.3 Å². The first-order valence-corrected chi connectivity index (χ1v) is 10.7. The Kier molecular flexibility index (Phi) is 7.69. The lowest BCUT2D eigenvalue weighted by Gasteiger charge is -2.30. The van der Waals surface area contributed by atoms with Crippen molar-refractivity contribution in [3.63, 3.8) is 0 Å². The number of fused-ring (bicyclic) bond motifs is 1. The summed E-state index contributed by atoms with van der Waals surface area (Å²) in [5, 5.41) is 2.12. The molecule has 0 aliphatic rings. The number of carbonyl (C=O) groups excluding carboxylic acids is 1. The first-order chi connectivity index (χ1) is 15.1. The quantitative estimate of drug-likeness (QED) is 0.278. The number of hydrogen-bond acceptors (Lipinski definition) is 6. The predicted molar refractivity (Wildman–Crippen MR) is 129 cm³/mol. The Morgan fingerprint density at radius 1 is 1.10 bits per heavy atom. The molecule has 1 N–H and O–H groups in total. The van der Waals surface area contributed by atoms with E-state index in [0.29, 0.717) is 6.54 Å². The summed E-state index contributed by atoms with van der Waals surface area (Å²) in [5.41, 5.74) is 1.97. The van der Waals surface area contributed by atoms with Crippen LogP contribution in [-0.4, -0.2) is 32.8 Å². The number of methoxy groups -OCH3 is 2. The molecule has 0 saturated heterocycles. The molecular formula is C25H26N2O3S. The molecule has 5 nitrogen and oxygen atoms in total. The smallest absolute Gasteiger partial charge is 0.307 e. The molecule has 6 heteroatoms. The number of benzene rings is 3. The largest absolute Gasteiger partial charge is 0.496 e. The molecule has 0 heterocycles. The highest BCUT2D eigenvalue weighted by atomic mass is 32.2. The number of nitrogens with zero attached hydrogens (tertiary/aromatic N) is 1. The Morgan fingerprint density at radius 2 is 1.81 bits per heavy atom. The summed E-state index contributed by atoms with van der Waals surface area (Å²) in [7, 11) is 3.06. The SMILES string of the molecule is C#CCN(c1ccc(NSc2ccccc2OC)c2ccccc12)C(C)CC(=O)OC. The van der Waals surface area contributed by atoms with Crippen LogP contribution in [0.25, 0.3) is 10.8 Å². The molecule has 0 aromatic heterocycles. The molecule has 0 aliphatic carbocycles. The number of rotatable bonds is 9. The summed E-state index contributed by atoms with van der Waals surface area (Å²) in [6.07, 6.45) is 5.91. The van der Waals surface area contributed by atoms with Gasteiger partial charge in [-0.25, -0.2) is 0 Å². The van der Waals surface area contributed by atoms with Gasteiger partial charge in [0.25, 0.3) is 0 Å². The Bertz CT molecular complexity index is 1090. The van der Waals surface area contributed by atoms with Crippen molar-refractivity contribution in [3.8, 4) is 18.1 Å². The van der Waals surface area contributed by atoms with Gasteiger partial charge in [0.1, 0.15) is 5.75 Å². The van der Waals surface area contributed by atoms with Crippen LogP contribution in [0.3, 0.4) is 0 Å². The summed E-state index contributed by atoms with van der Waals surface area (Å²) in [6, 6.07) is 20.0. The summed E-state index contributed by atoms with van der Waals surface area (Å²) in [4.78, 5) is 14.9. The van der Waals surface area contributed by atoms with Gasteiger partial charge in [-0.1, -0.05) is 42.3 Å². The third-order valence-corrected chi connectivity index (χ3v) is 5.91. The minimum atomic E-state index is -0.259. The summed E-state index contributed by atoms with van der Waals surface area (Å²) in [6.45, 7) is 2.37. The monoisotopic (exact) mass is 434 g/mol. The normalized spacial score (nSPS) is 11.4. The van der Waals surface area contributed by atoms with Crippen molar-refractivity contribution in [3.05, 3.63) is 60.7 Å². The average molecular weight is 435 g/mol. The van der Waals surface area contributed by atoms with Gasteiger partial charge in [0.2, 0.25) is 0 Å². The van der Waals surface area contributed by atoms with Crippen LogP contribution in [-0.2, 0) is 9.53 Å². The lowest BCUT2D eigenvalue weighted by molar-refractivity contribution is -0.140. The first-order valence-electron chi connectivity index (χ1n) is 9.93. The highest BCUT2D eigenvalue weighted by Gasteiger charge is 2.20. The number of esters is 1. The van der Waals surface area contributed by atoms with E-state index in [0.717, 1.165) is 32.8 Å². The summed E-state index contributed by atoms with van der Waals surface area (Å²) in [5.74, 6) is 3.28. The molecular weight excluding hydrogens is 408 g/mol. The highest BCUT2D eigenvalue weighted by Crippen LogP contribution is 2.37. The van der Waals surface area contributed by atoms with Gasteiger partial charge in [0.15, 0.2) is 0 Å². The standard InChI is InChI=1S/C25H26N2O3S/c1-5-16-27(18(2)17-25(28)30-4)22-15-14-21(19-10-6-7-11-20(19)22)26-31-24-13-9-8-12-23(24)29-3/h1,6-15,18,26H,16-17H2,2-4H3. The van der Waals surface area contributed by atoms with E-state index in [1.54, 1.807) is 7.11 Å². The van der Waals surface area contributed by atoms with Crippen molar-refractivity contribution in [1.29, 1.82) is 0 Å². The van der Waals surface area contributed by atoms with Crippen LogP contribution in [0.2, 0.25) is 0 Å². The van der Waals surface area contributed by atoms with Gasteiger partial charge < -0.3 is 19.1 Å². The fraction of sp³-hybridized carbons (Fsp3) is 0.240. The van der Waals surface area contributed by atoms with Gasteiger partial charge in [-0.3, -0.25) is 4.79 Å². The molecule has 0 bridgehead atoms. The molecule has 0 saturated carbocycles. The van der Waals surface area contributed by atoms with Crippen LogP contribution < -0.4 is 14.4 Å². The Balaban J connectivity index is 1.94. The van der Waals surface area contributed by atoms with Gasteiger partial charge in [-0.05, 0) is 43.1 Å². The number of para-hydroxylation sites is 1. The Labute approximate surface area is 187 Å². The minimum Gasteiger partial charge on any atom is -0.496 e. The van der Waals surface area contributed by atoms with Crippen LogP contribution >= 0.6 is 11.9 Å². The molecule has 31 heavy (non-hydrogen) atoms. The number of hydrogen-bond donors (Lipinski definition) is 1. The van der Waals surface area contributed by atoms with Crippen molar-refractivity contribution in [2.75, 3.05) is 30.4 Å². The summed E-state index contributed by atoms with van der Waals surface area (Å²) < 4.78 is 13.7. The van der Waals surface area contributed by atoms with Crippen molar-refractivity contribution < 1.29 is 14.3 Å². The average Bonchev–Trinajstić information content (AvgIpc) is 2.81. The fourth-order valence-electron chi connectivity index (χ4n) is 3.45. The van der Waals surface area contributed by atoms with E-state index < -0.39 is 0 Å². The third kappa shape index (κ3) is 5.25. The molecule has 1 atom stereocenters. The molecule has 0 aliphatic heterocycles. The van der Waals surface area contributed by atoms with E-state index in [1.165, 1.54) is 19.1 Å². The number of ether oxygens (including phenoxy) is 2. The van der Waals surface area contributed by atoms with E-state index in [-0.39, 0.29) is 18.4 Å². The molecule has 0 fully saturated rings. The van der Waals surface area contributed by atoms with E-state index in [1.807, 2.05) is 55.5 Å². The fourth-order valence-corrected chi connectivity index (χ4v) is 4.24. The molecule has 0 radical (unpaired) electrons. The van der Waals surface area contributed by atoms with Crippen LogP contribution in [0.15, 0.2) is 65.6 Å². The Hall–Kier alpha value is -3.30. The van der Waals surface area contributed by atoms with Gasteiger partial charge in [-0.15, -0.1) is 6.42 Å². The van der Waals surface area contributed by atoms with E-state index in [2.05, 4.69) is 27.7 Å². The third-order valence-electron chi connectivity index (χ3n) is 5.03. The maximum atomic E-state index is 11.8. The lowest BCUT2D eigenvalue weighted by atomic mass is 10.0. The summed E-state index contributed by atoms with van der Waals surface area (Å²) >= 11 is 1.50. The zero-order valence-corrected chi connectivity index (χ0v) is 18.7. The maximum absolute atomic E-state index is 11.8. The second kappa shape index (κ2) is 10.6. The molecule has 3 rings (SSSR count). The molecule has 1 unspecified atom stereocenters. The maximum Gasteiger partial charge on any atom is 0.307 e. The van der Waals surface area contributed by atoms with Crippen LogP contribution in [0.4, 0.5) is 11.4 Å². The number of nitrogens with one attached hydrogen (secondary N) is 1.